The molecule has 14 heteroatoms. The SMILES string of the molecule is Cc1c(-c2cc(F)c(N)cc2F)ccc2c3oc(CNC(=O)[C@H](Cc4cnc[nH]4)NC(=O)O)nc3c(=O)n(C3CC3)c12. The summed E-state index contributed by atoms with van der Waals surface area (Å²) in [6, 6.07) is 4.03. The smallest absolute Gasteiger partial charge is 0.405 e. The van der Waals surface area contributed by atoms with Crippen LogP contribution >= 0.6 is 0 Å². The maximum Gasteiger partial charge on any atom is 0.405 e. The van der Waals surface area contributed by atoms with Gasteiger partial charge in [0.25, 0.3) is 5.56 Å². The molecule has 1 atom stereocenters. The van der Waals surface area contributed by atoms with E-state index in [4.69, 9.17) is 10.2 Å². The third-order valence-corrected chi connectivity index (χ3v) is 7.30. The number of nitrogen functional groups attached to an aromatic ring is 1. The van der Waals surface area contributed by atoms with Crippen LogP contribution in [-0.2, 0) is 17.8 Å². The molecular weight excluding hydrogens is 552 g/mol. The molecule has 3 aromatic heterocycles. The molecule has 0 bridgehead atoms. The van der Waals surface area contributed by atoms with Crippen LogP contribution < -0.4 is 21.9 Å². The normalized spacial score (nSPS) is 13.9. The number of carbonyl (C=O) groups is 2. The lowest BCUT2D eigenvalue weighted by Gasteiger charge is -2.16. The Morgan fingerprint density at radius 1 is 1.24 bits per heavy atom. The second-order valence-corrected chi connectivity index (χ2v) is 10.2. The fourth-order valence-corrected chi connectivity index (χ4v) is 5.18. The molecule has 216 valence electrons. The Bertz CT molecular complexity index is 1930. The second-order valence-electron chi connectivity index (χ2n) is 10.2. The number of H-pyrrole nitrogens is 1. The number of aromatic amines is 1. The number of anilines is 1. The van der Waals surface area contributed by atoms with E-state index in [-0.39, 0.29) is 47.2 Å². The zero-order valence-electron chi connectivity index (χ0n) is 22.2. The Labute approximate surface area is 235 Å². The highest BCUT2D eigenvalue weighted by Crippen LogP contribution is 2.41. The number of aryl methyl sites for hydroxylation is 1. The van der Waals surface area contributed by atoms with Gasteiger partial charge in [0.15, 0.2) is 11.1 Å². The van der Waals surface area contributed by atoms with E-state index < -0.39 is 35.2 Å². The molecule has 2 amide bonds. The van der Waals surface area contributed by atoms with E-state index in [1.807, 2.05) is 0 Å². The number of nitrogens with two attached hydrogens (primary N) is 1. The van der Waals surface area contributed by atoms with Crippen molar-refractivity contribution in [3.63, 3.8) is 0 Å². The number of carboxylic acid groups (broad SMARTS) is 1. The quantitative estimate of drug-likeness (QED) is 0.174. The molecule has 42 heavy (non-hydrogen) atoms. The number of fused-ring (bicyclic) bond motifs is 3. The number of benzene rings is 2. The zero-order chi connectivity index (χ0) is 29.7. The lowest BCUT2D eigenvalue weighted by atomic mass is 9.96. The first-order valence-electron chi connectivity index (χ1n) is 13.1. The van der Waals surface area contributed by atoms with E-state index in [0.717, 1.165) is 25.0 Å². The van der Waals surface area contributed by atoms with Crippen LogP contribution in [0, 0.1) is 18.6 Å². The summed E-state index contributed by atoms with van der Waals surface area (Å²) >= 11 is 0. The van der Waals surface area contributed by atoms with E-state index in [0.29, 0.717) is 27.7 Å². The van der Waals surface area contributed by atoms with Crippen molar-refractivity contribution in [3.8, 4) is 11.1 Å². The number of imidazole rings is 1. The highest BCUT2D eigenvalue weighted by atomic mass is 19.1. The minimum atomic E-state index is -1.38. The molecule has 2 aromatic carbocycles. The minimum absolute atomic E-state index is 0.0108. The molecular formula is C28H25F2N7O5. The Hall–Kier alpha value is -5.27. The summed E-state index contributed by atoms with van der Waals surface area (Å²) in [6.45, 7) is 1.51. The predicted molar refractivity (Wildman–Crippen MR) is 148 cm³/mol. The number of hydrogen-bond donors (Lipinski definition) is 5. The number of halogens is 2. The molecule has 0 saturated heterocycles. The molecule has 5 aromatic rings. The lowest BCUT2D eigenvalue weighted by molar-refractivity contribution is -0.123. The van der Waals surface area contributed by atoms with Gasteiger partial charge in [0, 0.05) is 41.4 Å². The van der Waals surface area contributed by atoms with Crippen LogP contribution in [0.2, 0.25) is 0 Å². The zero-order valence-corrected chi connectivity index (χ0v) is 22.2. The van der Waals surface area contributed by atoms with Crippen LogP contribution in [0.15, 0.2) is 46.0 Å². The molecule has 3 heterocycles. The highest BCUT2D eigenvalue weighted by molar-refractivity contribution is 6.04. The maximum absolute atomic E-state index is 14.9. The standard InChI is InChI=1S/C28H25F2N7O5/c1-12-15(17-7-19(30)20(31)8-18(17)29)4-5-16-24(12)37(14-2-3-14)27(39)23-25(16)42-22(36-23)10-33-26(38)21(35-28(40)41)6-13-9-32-11-34-13/h4-5,7-9,11,14,21,35H,2-3,6,10,31H2,1H3,(H,32,34)(H,33,38)(H,40,41)/t21-/m0/s1. The van der Waals surface area contributed by atoms with Gasteiger partial charge in [0.1, 0.15) is 17.7 Å². The Morgan fingerprint density at radius 2 is 2.02 bits per heavy atom. The fraction of sp³-hybridized carbons (Fsp3) is 0.250. The summed E-state index contributed by atoms with van der Waals surface area (Å²) in [5, 5.41) is 14.5. The average Bonchev–Trinajstić information content (AvgIpc) is 3.46. The summed E-state index contributed by atoms with van der Waals surface area (Å²) < 4.78 is 36.7. The van der Waals surface area contributed by atoms with E-state index in [2.05, 4.69) is 25.6 Å². The second kappa shape index (κ2) is 10.3. The van der Waals surface area contributed by atoms with Gasteiger partial charge in [-0.1, -0.05) is 6.07 Å². The van der Waals surface area contributed by atoms with Gasteiger partial charge in [0.2, 0.25) is 11.8 Å². The molecule has 1 aliphatic carbocycles. The van der Waals surface area contributed by atoms with Crippen molar-refractivity contribution in [2.45, 2.75) is 44.8 Å². The Kier molecular flexibility index (Phi) is 6.59. The van der Waals surface area contributed by atoms with Crippen molar-refractivity contribution in [1.82, 2.24) is 30.2 Å². The Morgan fingerprint density at radius 3 is 2.71 bits per heavy atom. The number of nitrogens with zero attached hydrogens (tertiary/aromatic N) is 3. The molecule has 0 unspecified atom stereocenters. The average molecular weight is 578 g/mol. The first-order chi connectivity index (χ1) is 20.1. The van der Waals surface area contributed by atoms with Crippen molar-refractivity contribution in [1.29, 1.82) is 0 Å². The molecule has 0 aliphatic heterocycles. The molecule has 0 radical (unpaired) electrons. The van der Waals surface area contributed by atoms with E-state index in [1.165, 1.54) is 12.5 Å². The molecule has 6 N–H and O–H groups in total. The predicted octanol–water partition coefficient (Wildman–Crippen LogP) is 3.53. The fourth-order valence-electron chi connectivity index (χ4n) is 5.18. The van der Waals surface area contributed by atoms with Gasteiger partial charge in [-0.25, -0.2) is 23.5 Å². The van der Waals surface area contributed by atoms with Gasteiger partial charge in [-0.15, -0.1) is 0 Å². The minimum Gasteiger partial charge on any atom is -0.465 e. The molecule has 12 nitrogen and oxygen atoms in total. The summed E-state index contributed by atoms with van der Waals surface area (Å²) in [5.41, 5.74) is 7.08. The number of nitrogens with one attached hydrogen (secondary N) is 3. The summed E-state index contributed by atoms with van der Waals surface area (Å²) in [5.74, 6) is -2.05. The van der Waals surface area contributed by atoms with Gasteiger partial charge in [0.05, 0.1) is 24.1 Å². The first kappa shape index (κ1) is 26.9. The summed E-state index contributed by atoms with van der Waals surface area (Å²) in [6.07, 6.45) is 3.08. The van der Waals surface area contributed by atoms with Gasteiger partial charge in [-0.2, -0.15) is 0 Å². The van der Waals surface area contributed by atoms with Gasteiger partial charge in [-0.05, 0) is 43.0 Å². The third kappa shape index (κ3) is 4.80. The number of hydrogen-bond acceptors (Lipinski definition) is 7. The first-order valence-corrected chi connectivity index (χ1v) is 13.1. The monoisotopic (exact) mass is 577 g/mol. The molecule has 1 saturated carbocycles. The molecule has 6 rings (SSSR count). The van der Waals surface area contributed by atoms with Crippen LogP contribution in [0.4, 0.5) is 19.3 Å². The van der Waals surface area contributed by atoms with Crippen LogP contribution in [0.1, 0.15) is 36.0 Å². The largest absolute Gasteiger partial charge is 0.465 e. The van der Waals surface area contributed by atoms with Crippen LogP contribution in [0.25, 0.3) is 33.1 Å². The van der Waals surface area contributed by atoms with Crippen molar-refractivity contribution >= 4 is 39.7 Å². The summed E-state index contributed by atoms with van der Waals surface area (Å²) in [7, 11) is 0. The van der Waals surface area contributed by atoms with Crippen molar-refractivity contribution in [2.75, 3.05) is 5.73 Å². The van der Waals surface area contributed by atoms with E-state index >= 15 is 0 Å². The Balaban J connectivity index is 1.38. The van der Waals surface area contributed by atoms with Gasteiger partial charge in [-0.3, -0.25) is 9.59 Å². The van der Waals surface area contributed by atoms with E-state index in [1.54, 1.807) is 23.6 Å². The number of aromatic nitrogens is 4. The van der Waals surface area contributed by atoms with Crippen molar-refractivity contribution in [2.24, 2.45) is 0 Å². The molecule has 0 spiro atoms. The third-order valence-electron chi connectivity index (χ3n) is 7.30. The summed E-state index contributed by atoms with van der Waals surface area (Å²) in [4.78, 5) is 48.8. The number of carbonyl (C=O) groups excluding carboxylic acids is 1. The van der Waals surface area contributed by atoms with Gasteiger partial charge < -0.3 is 35.4 Å². The van der Waals surface area contributed by atoms with Crippen molar-refractivity contribution in [3.05, 3.63) is 75.9 Å². The maximum atomic E-state index is 14.9. The number of oxazole rings is 1. The van der Waals surface area contributed by atoms with E-state index in [9.17, 15) is 28.3 Å². The van der Waals surface area contributed by atoms with Gasteiger partial charge >= 0.3 is 6.09 Å². The van der Waals surface area contributed by atoms with Crippen molar-refractivity contribution < 1.29 is 27.9 Å². The topological polar surface area (TPSA) is 181 Å². The molecule has 1 fully saturated rings. The van der Waals surface area contributed by atoms with Crippen LogP contribution in [0.3, 0.4) is 0 Å². The number of rotatable bonds is 8. The number of amides is 2. The lowest BCUT2D eigenvalue weighted by Crippen LogP contribution is -2.47. The van der Waals surface area contributed by atoms with Crippen LogP contribution in [0.5, 0.6) is 0 Å². The highest BCUT2D eigenvalue weighted by Gasteiger charge is 2.31. The van der Waals surface area contributed by atoms with Crippen LogP contribution in [-0.4, -0.2) is 42.7 Å². The number of pyridine rings is 1. The molecule has 1 aliphatic rings.